The van der Waals surface area contributed by atoms with Crippen LogP contribution in [0.2, 0.25) is 0 Å². The van der Waals surface area contributed by atoms with Gasteiger partial charge in [-0.3, -0.25) is 4.79 Å². The first-order valence-corrected chi connectivity index (χ1v) is 8.22. The maximum absolute atomic E-state index is 12.5. The number of anilines is 1. The van der Waals surface area contributed by atoms with Gasteiger partial charge in [-0.15, -0.1) is 11.3 Å². The molecule has 3 rings (SSSR count). The van der Waals surface area contributed by atoms with E-state index in [1.165, 1.54) is 23.5 Å². The third-order valence-corrected chi connectivity index (χ3v) is 4.49. The molecule has 0 aliphatic heterocycles. The van der Waals surface area contributed by atoms with Gasteiger partial charge in [0.1, 0.15) is 5.01 Å². The summed E-state index contributed by atoms with van der Waals surface area (Å²) in [4.78, 5) is 16.6. The third-order valence-electron chi connectivity index (χ3n) is 3.48. The van der Waals surface area contributed by atoms with Gasteiger partial charge in [0.25, 0.3) is 5.91 Å². The molecule has 1 amide bonds. The predicted molar refractivity (Wildman–Crippen MR) is 91.7 cm³/mol. The Labute approximate surface area is 146 Å². The van der Waals surface area contributed by atoms with Crippen LogP contribution in [-0.2, 0) is 6.18 Å². The van der Waals surface area contributed by atoms with E-state index < -0.39 is 11.7 Å². The summed E-state index contributed by atoms with van der Waals surface area (Å²) in [5.41, 5.74) is 1.80. The van der Waals surface area contributed by atoms with Crippen LogP contribution in [0.5, 0.6) is 0 Å². The minimum atomic E-state index is -4.40. The molecule has 0 atom stereocenters. The van der Waals surface area contributed by atoms with Crippen LogP contribution < -0.4 is 5.32 Å². The lowest BCUT2D eigenvalue weighted by molar-refractivity contribution is -0.137. The van der Waals surface area contributed by atoms with Crippen molar-refractivity contribution in [2.75, 3.05) is 5.32 Å². The minimum Gasteiger partial charge on any atom is -0.322 e. The Balaban J connectivity index is 1.71. The molecule has 2 aromatic carbocycles. The molecule has 0 saturated heterocycles. The molecular weight excluding hydrogens is 349 g/mol. The molecule has 3 aromatic rings. The Kier molecular flexibility index (Phi) is 4.59. The number of rotatable bonds is 3. The van der Waals surface area contributed by atoms with Crippen molar-refractivity contribution in [2.45, 2.75) is 13.1 Å². The number of halogens is 3. The number of nitrogens with zero attached hydrogens (tertiary/aromatic N) is 1. The maximum Gasteiger partial charge on any atom is 0.416 e. The number of amides is 1. The van der Waals surface area contributed by atoms with Crippen LogP contribution in [0.1, 0.15) is 21.6 Å². The van der Waals surface area contributed by atoms with Gasteiger partial charge in [-0.05, 0) is 43.3 Å². The molecule has 0 unspecified atom stereocenters. The highest BCUT2D eigenvalue weighted by atomic mass is 32.1. The molecule has 1 N–H and O–H groups in total. The number of hydrogen-bond acceptors (Lipinski definition) is 3. The normalized spacial score (nSPS) is 11.4. The molecule has 128 valence electrons. The molecule has 0 aliphatic carbocycles. The van der Waals surface area contributed by atoms with E-state index >= 15 is 0 Å². The number of alkyl halides is 3. The van der Waals surface area contributed by atoms with Crippen molar-refractivity contribution in [2.24, 2.45) is 0 Å². The monoisotopic (exact) mass is 362 g/mol. The minimum absolute atomic E-state index is 0.303. The number of thiazole rings is 1. The van der Waals surface area contributed by atoms with Crippen molar-refractivity contribution < 1.29 is 18.0 Å². The van der Waals surface area contributed by atoms with Gasteiger partial charge < -0.3 is 5.32 Å². The number of carbonyl (C=O) groups is 1. The smallest absolute Gasteiger partial charge is 0.322 e. The summed E-state index contributed by atoms with van der Waals surface area (Å²) in [6.45, 7) is 1.91. The zero-order chi connectivity index (χ0) is 18.0. The molecule has 25 heavy (non-hydrogen) atoms. The van der Waals surface area contributed by atoms with Crippen molar-refractivity contribution >= 4 is 22.9 Å². The SMILES string of the molecule is Cc1csc(-c2ccc(C(=O)Nc3ccc(C(F)(F)F)cc3)cc2)n1. The fraction of sp³-hybridized carbons (Fsp3) is 0.111. The lowest BCUT2D eigenvalue weighted by Crippen LogP contribution is -2.12. The van der Waals surface area contributed by atoms with Crippen LogP contribution in [0.3, 0.4) is 0 Å². The average Bonchev–Trinajstić information content (AvgIpc) is 3.01. The fourth-order valence-electron chi connectivity index (χ4n) is 2.20. The molecule has 0 bridgehead atoms. The molecule has 0 radical (unpaired) electrons. The molecule has 0 aliphatic rings. The van der Waals surface area contributed by atoms with E-state index in [2.05, 4.69) is 10.3 Å². The maximum atomic E-state index is 12.5. The Hall–Kier alpha value is -2.67. The summed E-state index contributed by atoms with van der Waals surface area (Å²) < 4.78 is 37.6. The molecule has 7 heteroatoms. The number of nitrogens with one attached hydrogen (secondary N) is 1. The first-order chi connectivity index (χ1) is 11.8. The van der Waals surface area contributed by atoms with Gasteiger partial charge in [0.2, 0.25) is 0 Å². The standard InChI is InChI=1S/C18H13F3N2OS/c1-11-10-25-17(22-11)13-4-2-12(3-5-13)16(24)23-15-8-6-14(7-9-15)18(19,20)21/h2-10H,1H3,(H,23,24). The highest BCUT2D eigenvalue weighted by Gasteiger charge is 2.29. The summed E-state index contributed by atoms with van der Waals surface area (Å²) in [6.07, 6.45) is -4.40. The number of hydrogen-bond donors (Lipinski definition) is 1. The Morgan fingerprint density at radius 3 is 2.20 bits per heavy atom. The highest BCUT2D eigenvalue weighted by Crippen LogP contribution is 2.30. The first kappa shape index (κ1) is 17.2. The lowest BCUT2D eigenvalue weighted by Gasteiger charge is -2.09. The van der Waals surface area contributed by atoms with Crippen molar-refractivity contribution in [3.63, 3.8) is 0 Å². The molecule has 1 heterocycles. The summed E-state index contributed by atoms with van der Waals surface area (Å²) in [6, 6.07) is 11.2. The van der Waals surface area contributed by atoms with E-state index in [4.69, 9.17) is 0 Å². The Morgan fingerprint density at radius 2 is 1.68 bits per heavy atom. The van der Waals surface area contributed by atoms with Gasteiger partial charge in [-0.1, -0.05) is 12.1 Å². The third kappa shape index (κ3) is 4.06. The van der Waals surface area contributed by atoms with Crippen LogP contribution >= 0.6 is 11.3 Å². The van der Waals surface area contributed by atoms with E-state index in [0.29, 0.717) is 11.3 Å². The Bertz CT molecular complexity index is 884. The van der Waals surface area contributed by atoms with Crippen LogP contribution in [0, 0.1) is 6.92 Å². The quantitative estimate of drug-likeness (QED) is 0.679. The summed E-state index contributed by atoms with van der Waals surface area (Å²) in [5, 5.41) is 5.39. The van der Waals surface area contributed by atoms with Gasteiger partial charge in [-0.2, -0.15) is 13.2 Å². The topological polar surface area (TPSA) is 42.0 Å². The van der Waals surface area contributed by atoms with Crippen LogP contribution in [-0.4, -0.2) is 10.9 Å². The zero-order valence-corrected chi connectivity index (χ0v) is 13.9. The van der Waals surface area contributed by atoms with Crippen LogP contribution in [0.4, 0.5) is 18.9 Å². The van der Waals surface area contributed by atoms with Gasteiger partial charge in [0.15, 0.2) is 0 Å². The Morgan fingerprint density at radius 1 is 1.04 bits per heavy atom. The molecule has 0 saturated carbocycles. The second-order valence-electron chi connectivity index (χ2n) is 5.40. The largest absolute Gasteiger partial charge is 0.416 e. The van der Waals surface area contributed by atoms with Crippen LogP contribution in [0.15, 0.2) is 53.9 Å². The average molecular weight is 362 g/mol. The van der Waals surface area contributed by atoms with Crippen molar-refractivity contribution in [1.29, 1.82) is 0 Å². The van der Waals surface area contributed by atoms with Crippen molar-refractivity contribution in [3.05, 3.63) is 70.7 Å². The zero-order valence-electron chi connectivity index (χ0n) is 13.1. The fourth-order valence-corrected chi connectivity index (χ4v) is 3.00. The van der Waals surface area contributed by atoms with Crippen molar-refractivity contribution in [1.82, 2.24) is 4.98 Å². The van der Waals surface area contributed by atoms with Gasteiger partial charge in [0.05, 0.1) is 5.56 Å². The van der Waals surface area contributed by atoms with Gasteiger partial charge >= 0.3 is 6.18 Å². The number of benzene rings is 2. The van der Waals surface area contributed by atoms with Gasteiger partial charge in [-0.25, -0.2) is 4.98 Å². The van der Waals surface area contributed by atoms with E-state index in [1.807, 2.05) is 12.3 Å². The van der Waals surface area contributed by atoms with E-state index in [-0.39, 0.29) is 5.91 Å². The number of aromatic nitrogens is 1. The highest BCUT2D eigenvalue weighted by molar-refractivity contribution is 7.13. The van der Waals surface area contributed by atoms with Crippen LogP contribution in [0.25, 0.3) is 10.6 Å². The summed E-state index contributed by atoms with van der Waals surface area (Å²) in [5.74, 6) is -0.387. The molecule has 1 aromatic heterocycles. The predicted octanol–water partition coefficient (Wildman–Crippen LogP) is 5.39. The molecule has 0 spiro atoms. The summed E-state index contributed by atoms with van der Waals surface area (Å²) >= 11 is 1.52. The van der Waals surface area contributed by atoms with Gasteiger partial charge in [0, 0.05) is 27.9 Å². The summed E-state index contributed by atoms with van der Waals surface area (Å²) in [7, 11) is 0. The van der Waals surface area contributed by atoms with E-state index in [9.17, 15) is 18.0 Å². The van der Waals surface area contributed by atoms with E-state index in [0.717, 1.165) is 28.4 Å². The number of carbonyl (C=O) groups excluding carboxylic acids is 1. The lowest BCUT2D eigenvalue weighted by atomic mass is 10.1. The second kappa shape index (κ2) is 6.68. The first-order valence-electron chi connectivity index (χ1n) is 7.34. The van der Waals surface area contributed by atoms with E-state index in [1.54, 1.807) is 24.3 Å². The second-order valence-corrected chi connectivity index (χ2v) is 6.26. The molecule has 3 nitrogen and oxygen atoms in total. The molecule has 0 fully saturated rings. The molecular formula is C18H13F3N2OS. The number of aryl methyl sites for hydroxylation is 1. The van der Waals surface area contributed by atoms with Crippen molar-refractivity contribution in [3.8, 4) is 10.6 Å².